The largest absolute Gasteiger partial charge is 0.481 e. The Morgan fingerprint density at radius 2 is 1.05 bits per heavy atom. The maximum absolute atomic E-state index is 10.8. The highest BCUT2D eigenvalue weighted by molar-refractivity contribution is 5.67. The summed E-state index contributed by atoms with van der Waals surface area (Å²) in [6.45, 7) is 13.2. The summed E-state index contributed by atoms with van der Waals surface area (Å²) < 4.78 is 0. The number of carboxylic acids is 2. The lowest BCUT2D eigenvalue weighted by atomic mass is 10.2. The Labute approximate surface area is 131 Å². The summed E-state index contributed by atoms with van der Waals surface area (Å²) in [4.78, 5) is 40.1. The van der Waals surface area contributed by atoms with Crippen molar-refractivity contribution in [3.05, 3.63) is 0 Å². The highest BCUT2D eigenvalue weighted by Gasteiger charge is 2.36. The highest BCUT2D eigenvalue weighted by Crippen LogP contribution is 2.24. The van der Waals surface area contributed by atoms with Crippen LogP contribution in [-0.4, -0.2) is 39.1 Å². The molecule has 0 unspecified atom stereocenters. The summed E-state index contributed by atoms with van der Waals surface area (Å²) in [5, 5.41) is 16.3. The Bertz CT molecular complexity index is 329. The van der Waals surface area contributed by atoms with Gasteiger partial charge >= 0.3 is 5.97 Å². The molecular weight excluding hydrogens is 296 g/mol. The molecule has 0 saturated carbocycles. The smallest absolute Gasteiger partial charge is 0.309 e. The molecule has 8 nitrogen and oxygen atoms in total. The van der Waals surface area contributed by atoms with Gasteiger partial charge in [0.2, 0.25) is 5.79 Å². The van der Waals surface area contributed by atoms with Crippen molar-refractivity contribution in [3.8, 4) is 0 Å². The number of rotatable bonds is 6. The molecule has 0 spiro atoms. The van der Waals surface area contributed by atoms with E-state index in [-0.39, 0.29) is 0 Å². The summed E-state index contributed by atoms with van der Waals surface area (Å²) in [6, 6.07) is 0. The van der Waals surface area contributed by atoms with Crippen molar-refractivity contribution >= 4 is 11.9 Å². The lowest BCUT2D eigenvalue weighted by molar-refractivity contribution is -0.535. The Morgan fingerprint density at radius 3 is 1.23 bits per heavy atom. The van der Waals surface area contributed by atoms with E-state index in [9.17, 15) is 4.79 Å². The first-order valence-corrected chi connectivity index (χ1v) is 6.71. The van der Waals surface area contributed by atoms with E-state index in [1.807, 2.05) is 0 Å². The van der Waals surface area contributed by atoms with Crippen molar-refractivity contribution in [2.75, 3.05) is 0 Å². The summed E-state index contributed by atoms with van der Waals surface area (Å²) in [7, 11) is 0. The standard InChI is InChI=1S/C12H24O6.C2H4O2/c1-10(2,3)15-17-12(7,8-9(13)14)18-16-11(4,5)6;1-2(3)4/h8H2,1-7H3,(H,13,14);1H3,(H,3,4). The first-order valence-electron chi connectivity index (χ1n) is 6.71. The second kappa shape index (κ2) is 9.04. The molecule has 2 N–H and O–H groups in total. The molecule has 0 amide bonds. The third kappa shape index (κ3) is 18.8. The average molecular weight is 324 g/mol. The molecule has 132 valence electrons. The second-order valence-electron chi connectivity index (χ2n) is 6.78. The first-order chi connectivity index (χ1) is 9.56. The fourth-order valence-electron chi connectivity index (χ4n) is 0.774. The molecule has 0 aromatic rings. The fraction of sp³-hybridized carbons (Fsp3) is 0.857. The van der Waals surface area contributed by atoms with Crippen molar-refractivity contribution in [3.63, 3.8) is 0 Å². The van der Waals surface area contributed by atoms with Gasteiger partial charge in [-0.3, -0.25) is 9.59 Å². The van der Waals surface area contributed by atoms with Gasteiger partial charge in [0.05, 0.1) is 11.2 Å². The van der Waals surface area contributed by atoms with Crippen molar-refractivity contribution < 1.29 is 39.4 Å². The van der Waals surface area contributed by atoms with Gasteiger partial charge in [-0.2, -0.15) is 9.78 Å². The molecule has 0 fully saturated rings. The molecule has 0 atom stereocenters. The van der Waals surface area contributed by atoms with E-state index >= 15 is 0 Å². The van der Waals surface area contributed by atoms with E-state index in [1.54, 1.807) is 41.5 Å². The van der Waals surface area contributed by atoms with Crippen LogP contribution in [0.5, 0.6) is 0 Å². The molecule has 0 aliphatic carbocycles. The Balaban J connectivity index is 0. The predicted molar refractivity (Wildman–Crippen MR) is 77.8 cm³/mol. The number of carbonyl (C=O) groups is 2. The van der Waals surface area contributed by atoms with Crippen LogP contribution in [0.4, 0.5) is 0 Å². The minimum absolute atomic E-state index is 0.404. The maximum Gasteiger partial charge on any atom is 0.309 e. The Hall–Kier alpha value is -1.22. The van der Waals surface area contributed by atoms with Gasteiger partial charge in [0, 0.05) is 6.92 Å². The van der Waals surface area contributed by atoms with Crippen LogP contribution in [0.1, 0.15) is 61.8 Å². The molecule has 0 saturated heterocycles. The van der Waals surface area contributed by atoms with Crippen molar-refractivity contribution in [1.29, 1.82) is 0 Å². The van der Waals surface area contributed by atoms with Crippen LogP contribution in [0.15, 0.2) is 0 Å². The van der Waals surface area contributed by atoms with E-state index in [4.69, 9.17) is 34.6 Å². The lowest BCUT2D eigenvalue weighted by Crippen LogP contribution is -2.40. The molecule has 8 heteroatoms. The van der Waals surface area contributed by atoms with Gasteiger partial charge < -0.3 is 10.2 Å². The van der Waals surface area contributed by atoms with Crippen molar-refractivity contribution in [2.24, 2.45) is 0 Å². The van der Waals surface area contributed by atoms with E-state index in [2.05, 4.69) is 0 Å². The zero-order valence-electron chi connectivity index (χ0n) is 14.6. The van der Waals surface area contributed by atoms with Crippen LogP contribution in [-0.2, 0) is 29.1 Å². The average Bonchev–Trinajstić information content (AvgIpc) is 2.20. The maximum atomic E-state index is 10.8. The van der Waals surface area contributed by atoms with Gasteiger partial charge in [0.25, 0.3) is 5.97 Å². The third-order valence-electron chi connectivity index (χ3n) is 1.41. The fourth-order valence-corrected chi connectivity index (χ4v) is 0.774. The molecule has 0 rings (SSSR count). The predicted octanol–water partition coefficient (Wildman–Crippen LogP) is 2.76. The molecule has 0 aromatic carbocycles. The van der Waals surface area contributed by atoms with E-state index in [1.165, 1.54) is 6.92 Å². The van der Waals surface area contributed by atoms with Crippen LogP contribution in [0, 0.1) is 0 Å². The van der Waals surface area contributed by atoms with Gasteiger partial charge in [0.1, 0.15) is 6.42 Å². The SMILES string of the molecule is CC(=O)O.CC(C)(C)OOC(C)(CC(=O)O)OOC(C)(C)C. The Morgan fingerprint density at radius 1 is 0.773 bits per heavy atom. The highest BCUT2D eigenvalue weighted by atomic mass is 17.3. The van der Waals surface area contributed by atoms with E-state index in [0.29, 0.717) is 0 Å². The van der Waals surface area contributed by atoms with Crippen LogP contribution in [0.2, 0.25) is 0 Å². The molecule has 0 aliphatic rings. The summed E-state index contributed by atoms with van der Waals surface area (Å²) in [6.07, 6.45) is -0.404. The molecule has 0 aliphatic heterocycles. The van der Waals surface area contributed by atoms with Crippen LogP contribution < -0.4 is 0 Å². The van der Waals surface area contributed by atoms with Gasteiger partial charge in [-0.25, -0.2) is 9.78 Å². The Kier molecular flexibility index (Phi) is 9.47. The quantitative estimate of drug-likeness (QED) is 0.436. The number of hydrogen-bond acceptors (Lipinski definition) is 6. The normalized spacial score (nSPS) is 12.4. The number of carboxylic acid groups (broad SMARTS) is 2. The van der Waals surface area contributed by atoms with Gasteiger partial charge in [0.15, 0.2) is 0 Å². The topological polar surface area (TPSA) is 112 Å². The van der Waals surface area contributed by atoms with Crippen molar-refractivity contribution in [2.45, 2.75) is 78.8 Å². The zero-order chi connectivity index (χ0) is 18.2. The minimum Gasteiger partial charge on any atom is -0.481 e. The van der Waals surface area contributed by atoms with Crippen LogP contribution in [0.25, 0.3) is 0 Å². The molecule has 0 bridgehead atoms. The zero-order valence-corrected chi connectivity index (χ0v) is 14.6. The summed E-state index contributed by atoms with van der Waals surface area (Å²) in [5.41, 5.74) is -1.16. The first kappa shape index (κ1) is 23.1. The van der Waals surface area contributed by atoms with Crippen molar-refractivity contribution in [1.82, 2.24) is 0 Å². The summed E-state index contributed by atoms with van der Waals surface area (Å²) in [5.74, 6) is -3.42. The van der Waals surface area contributed by atoms with E-state index in [0.717, 1.165) is 6.92 Å². The number of aliphatic carboxylic acids is 2. The van der Waals surface area contributed by atoms with Crippen LogP contribution >= 0.6 is 0 Å². The monoisotopic (exact) mass is 324 g/mol. The molecular formula is C14H28O8. The minimum atomic E-state index is -1.51. The van der Waals surface area contributed by atoms with Gasteiger partial charge in [-0.1, -0.05) is 0 Å². The molecule has 0 aromatic heterocycles. The summed E-state index contributed by atoms with van der Waals surface area (Å²) >= 11 is 0. The van der Waals surface area contributed by atoms with E-state index < -0.39 is 35.3 Å². The van der Waals surface area contributed by atoms with Gasteiger partial charge in [-0.05, 0) is 48.5 Å². The molecule has 0 heterocycles. The van der Waals surface area contributed by atoms with Crippen LogP contribution in [0.3, 0.4) is 0 Å². The second-order valence-corrected chi connectivity index (χ2v) is 6.78. The third-order valence-corrected chi connectivity index (χ3v) is 1.41. The van der Waals surface area contributed by atoms with Gasteiger partial charge in [-0.15, -0.1) is 0 Å². The molecule has 22 heavy (non-hydrogen) atoms. The number of hydrogen-bond donors (Lipinski definition) is 2. The lowest BCUT2D eigenvalue weighted by Gasteiger charge is -2.31. The molecule has 0 radical (unpaired) electrons.